The summed E-state index contributed by atoms with van der Waals surface area (Å²) in [6, 6.07) is 8.98. The van der Waals surface area contributed by atoms with Gasteiger partial charge in [-0.25, -0.2) is 0 Å². The highest BCUT2D eigenvalue weighted by molar-refractivity contribution is 7.80. The zero-order valence-electron chi connectivity index (χ0n) is 14.9. The third-order valence-corrected chi connectivity index (χ3v) is 5.89. The highest BCUT2D eigenvalue weighted by atomic mass is 32.1. The van der Waals surface area contributed by atoms with Gasteiger partial charge in [-0.3, -0.25) is 0 Å². The average molecular weight is 348 g/mol. The van der Waals surface area contributed by atoms with Crippen LogP contribution in [-0.4, -0.2) is 43.8 Å². The fourth-order valence-electron chi connectivity index (χ4n) is 4.34. The molecule has 2 aliphatic carbocycles. The molecule has 2 N–H and O–H groups in total. The summed E-state index contributed by atoms with van der Waals surface area (Å²) in [6.07, 6.45) is 5.46. The van der Waals surface area contributed by atoms with Crippen LogP contribution in [0.15, 0.2) is 24.3 Å². The van der Waals surface area contributed by atoms with E-state index in [2.05, 4.69) is 41.8 Å². The first-order valence-electron chi connectivity index (χ1n) is 8.92. The second-order valence-corrected chi connectivity index (χ2v) is 7.77. The van der Waals surface area contributed by atoms with Crippen molar-refractivity contribution >= 4 is 17.3 Å². The van der Waals surface area contributed by atoms with E-state index >= 15 is 0 Å². The summed E-state index contributed by atoms with van der Waals surface area (Å²) in [6.45, 7) is 0.764. The van der Waals surface area contributed by atoms with Crippen molar-refractivity contribution in [3.05, 3.63) is 29.8 Å². The number of benzene rings is 1. The van der Waals surface area contributed by atoms with Crippen molar-refractivity contribution in [3.8, 4) is 5.75 Å². The van der Waals surface area contributed by atoms with Gasteiger partial charge in [-0.2, -0.15) is 0 Å². The molecule has 0 radical (unpaired) electrons. The van der Waals surface area contributed by atoms with Crippen LogP contribution in [0, 0.1) is 11.8 Å². The van der Waals surface area contributed by atoms with E-state index in [1.54, 1.807) is 7.11 Å². The van der Waals surface area contributed by atoms with Crippen molar-refractivity contribution in [1.29, 1.82) is 0 Å². The van der Waals surface area contributed by atoms with Crippen LogP contribution in [0.4, 0.5) is 0 Å². The fraction of sp³-hybridized carbons (Fsp3) is 0.632. The summed E-state index contributed by atoms with van der Waals surface area (Å²) in [5.41, 5.74) is 1.18. The lowest BCUT2D eigenvalue weighted by Crippen LogP contribution is -2.46. The molecule has 0 aromatic heterocycles. The molecule has 1 aromatic carbocycles. The van der Waals surface area contributed by atoms with Gasteiger partial charge < -0.3 is 20.3 Å². The van der Waals surface area contributed by atoms with Crippen molar-refractivity contribution in [1.82, 2.24) is 15.5 Å². The molecule has 132 valence electrons. The first kappa shape index (κ1) is 17.5. The van der Waals surface area contributed by atoms with Gasteiger partial charge in [0.25, 0.3) is 0 Å². The van der Waals surface area contributed by atoms with E-state index in [0.29, 0.717) is 6.04 Å². The van der Waals surface area contributed by atoms with Crippen molar-refractivity contribution in [2.24, 2.45) is 11.8 Å². The molecule has 1 aromatic rings. The second-order valence-electron chi connectivity index (χ2n) is 7.36. The number of nitrogens with one attached hydrogen (secondary N) is 2. The number of rotatable bonds is 6. The van der Waals surface area contributed by atoms with Gasteiger partial charge in [0.15, 0.2) is 5.11 Å². The minimum Gasteiger partial charge on any atom is -0.496 e. The normalized spacial score (nSPS) is 26.4. The van der Waals surface area contributed by atoms with Gasteiger partial charge in [0.1, 0.15) is 5.75 Å². The van der Waals surface area contributed by atoms with Gasteiger partial charge in [-0.1, -0.05) is 24.6 Å². The number of hydrogen-bond donors (Lipinski definition) is 2. The molecule has 2 saturated carbocycles. The van der Waals surface area contributed by atoms with Crippen LogP contribution in [0.3, 0.4) is 0 Å². The minimum absolute atomic E-state index is 0.209. The van der Waals surface area contributed by atoms with E-state index in [0.717, 1.165) is 29.2 Å². The fourth-order valence-corrected chi connectivity index (χ4v) is 4.58. The Balaban J connectivity index is 1.57. The van der Waals surface area contributed by atoms with Crippen LogP contribution in [-0.2, 0) is 0 Å². The Kier molecular flexibility index (Phi) is 5.61. The van der Waals surface area contributed by atoms with E-state index in [9.17, 15) is 0 Å². The number of hydrogen-bond acceptors (Lipinski definition) is 3. The van der Waals surface area contributed by atoms with Gasteiger partial charge in [-0.05, 0) is 63.5 Å². The molecule has 0 unspecified atom stereocenters. The molecule has 2 bridgehead atoms. The van der Waals surface area contributed by atoms with Crippen molar-refractivity contribution < 1.29 is 4.74 Å². The standard InChI is InChI=1S/C19H29N3OS/c1-22(2)17(15-6-4-5-7-18(15)23-3)12-20-19(24)21-16-11-13-8-9-14(16)10-13/h4-7,13-14,16-17H,8-12H2,1-3H3,(H2,20,21,24)/t13-,14-,16+,17+/m0/s1. The third-order valence-electron chi connectivity index (χ3n) is 5.63. The van der Waals surface area contributed by atoms with Crippen LogP contribution in [0.1, 0.15) is 37.3 Å². The summed E-state index contributed by atoms with van der Waals surface area (Å²) in [5.74, 6) is 2.68. The van der Waals surface area contributed by atoms with Gasteiger partial charge >= 0.3 is 0 Å². The average Bonchev–Trinajstić information content (AvgIpc) is 3.18. The Bertz CT molecular complexity index is 577. The number of fused-ring (bicyclic) bond motifs is 2. The largest absolute Gasteiger partial charge is 0.496 e. The lowest BCUT2D eigenvalue weighted by atomic mass is 9.95. The van der Waals surface area contributed by atoms with Gasteiger partial charge in [0.2, 0.25) is 0 Å². The molecule has 0 aliphatic heterocycles. The first-order valence-corrected chi connectivity index (χ1v) is 9.33. The van der Waals surface area contributed by atoms with Crippen LogP contribution in [0.5, 0.6) is 5.75 Å². The van der Waals surface area contributed by atoms with Gasteiger partial charge in [0, 0.05) is 18.2 Å². The van der Waals surface area contributed by atoms with Crippen LogP contribution in [0.2, 0.25) is 0 Å². The lowest BCUT2D eigenvalue weighted by Gasteiger charge is -2.29. The quantitative estimate of drug-likeness (QED) is 0.774. The highest BCUT2D eigenvalue weighted by Crippen LogP contribution is 2.44. The van der Waals surface area contributed by atoms with E-state index in [-0.39, 0.29) is 6.04 Å². The Hall–Kier alpha value is -1.33. The number of nitrogens with zero attached hydrogens (tertiary/aromatic N) is 1. The molecule has 0 heterocycles. The molecule has 0 spiro atoms. The molecule has 5 heteroatoms. The van der Waals surface area contributed by atoms with Crippen LogP contribution < -0.4 is 15.4 Å². The van der Waals surface area contributed by atoms with E-state index in [1.165, 1.54) is 31.2 Å². The predicted molar refractivity (Wildman–Crippen MR) is 102 cm³/mol. The Morgan fingerprint density at radius 2 is 2.08 bits per heavy atom. The van der Waals surface area contributed by atoms with E-state index < -0.39 is 0 Å². The van der Waals surface area contributed by atoms with Gasteiger partial charge in [-0.15, -0.1) is 0 Å². The molecular formula is C19H29N3OS. The van der Waals surface area contributed by atoms with Crippen molar-refractivity contribution in [3.63, 3.8) is 0 Å². The van der Waals surface area contributed by atoms with Crippen LogP contribution >= 0.6 is 12.2 Å². The third kappa shape index (κ3) is 3.83. The number of thiocarbonyl (C=S) groups is 1. The van der Waals surface area contributed by atoms with E-state index in [1.807, 2.05) is 12.1 Å². The second kappa shape index (κ2) is 7.70. The molecule has 4 nitrogen and oxygen atoms in total. The number of methoxy groups -OCH3 is 1. The maximum absolute atomic E-state index is 5.55. The zero-order valence-corrected chi connectivity index (χ0v) is 15.7. The number of likely N-dealkylation sites (N-methyl/N-ethyl adjacent to an activating group) is 1. The molecule has 2 fully saturated rings. The molecule has 0 saturated heterocycles. The summed E-state index contributed by atoms with van der Waals surface area (Å²) >= 11 is 5.55. The monoisotopic (exact) mass is 347 g/mol. The van der Waals surface area contributed by atoms with E-state index in [4.69, 9.17) is 17.0 Å². The summed E-state index contributed by atoms with van der Waals surface area (Å²) in [5, 5.41) is 7.76. The zero-order chi connectivity index (χ0) is 17.1. The van der Waals surface area contributed by atoms with Crippen molar-refractivity contribution in [2.75, 3.05) is 27.7 Å². The number of ether oxygens (including phenoxy) is 1. The molecule has 4 atom stereocenters. The Morgan fingerprint density at radius 3 is 2.71 bits per heavy atom. The van der Waals surface area contributed by atoms with Crippen molar-refractivity contribution in [2.45, 2.75) is 37.8 Å². The molecule has 2 aliphatic rings. The predicted octanol–water partition coefficient (Wildman–Crippen LogP) is 2.95. The maximum Gasteiger partial charge on any atom is 0.166 e. The first-order chi connectivity index (χ1) is 11.6. The Morgan fingerprint density at radius 1 is 1.29 bits per heavy atom. The molecule has 0 amide bonds. The highest BCUT2D eigenvalue weighted by Gasteiger charge is 2.39. The topological polar surface area (TPSA) is 36.5 Å². The molecule has 3 rings (SSSR count). The summed E-state index contributed by atoms with van der Waals surface area (Å²) < 4.78 is 5.52. The van der Waals surface area contributed by atoms with Gasteiger partial charge in [0.05, 0.1) is 13.2 Å². The summed E-state index contributed by atoms with van der Waals surface area (Å²) in [7, 11) is 5.90. The minimum atomic E-state index is 0.209. The lowest BCUT2D eigenvalue weighted by molar-refractivity contribution is 0.287. The van der Waals surface area contributed by atoms with Crippen LogP contribution in [0.25, 0.3) is 0 Å². The summed E-state index contributed by atoms with van der Waals surface area (Å²) in [4.78, 5) is 2.20. The molecule has 24 heavy (non-hydrogen) atoms. The smallest absolute Gasteiger partial charge is 0.166 e. The molecular weight excluding hydrogens is 318 g/mol. The SMILES string of the molecule is COc1ccccc1[C@@H](CNC(=S)N[C@@H]1C[C@H]2CC[C@H]1C2)N(C)C. The number of para-hydroxylation sites is 1. The Labute approximate surface area is 150 Å². The maximum atomic E-state index is 5.55.